The summed E-state index contributed by atoms with van der Waals surface area (Å²) in [4.78, 5) is 2.13. The summed E-state index contributed by atoms with van der Waals surface area (Å²) >= 11 is 0. The molecule has 2 nitrogen and oxygen atoms in total. The van der Waals surface area contributed by atoms with Crippen molar-refractivity contribution in [1.29, 1.82) is 0 Å². The van der Waals surface area contributed by atoms with Crippen LogP contribution in [0.15, 0.2) is 24.3 Å². The standard InChI is InChI=1S/C15H23FN2/c1-18(10-13-8-4-5-9-14(13)16)11-15(17)12-6-2-3-7-12/h4-5,8-9,12,15H,2-3,6-7,10-11,17H2,1H3. The monoisotopic (exact) mass is 250 g/mol. The van der Waals surface area contributed by atoms with E-state index >= 15 is 0 Å². The molecule has 3 heteroatoms. The van der Waals surface area contributed by atoms with Gasteiger partial charge in [-0.1, -0.05) is 31.0 Å². The molecule has 2 rings (SSSR count). The zero-order valence-electron chi connectivity index (χ0n) is 11.1. The molecule has 0 radical (unpaired) electrons. The third-order valence-corrected chi connectivity index (χ3v) is 3.93. The van der Waals surface area contributed by atoms with Crippen LogP contribution in [0.2, 0.25) is 0 Å². The maximum atomic E-state index is 13.5. The Labute approximate surface area is 109 Å². The number of hydrogen-bond donors (Lipinski definition) is 1. The van der Waals surface area contributed by atoms with Crippen molar-refractivity contribution in [2.24, 2.45) is 11.7 Å². The highest BCUT2D eigenvalue weighted by Gasteiger charge is 2.22. The van der Waals surface area contributed by atoms with Crippen LogP contribution in [0.4, 0.5) is 4.39 Å². The van der Waals surface area contributed by atoms with E-state index in [2.05, 4.69) is 4.90 Å². The molecule has 100 valence electrons. The largest absolute Gasteiger partial charge is 0.326 e. The molecule has 2 N–H and O–H groups in total. The Bertz CT molecular complexity index is 375. The molecule has 1 unspecified atom stereocenters. The van der Waals surface area contributed by atoms with Crippen molar-refractivity contribution < 1.29 is 4.39 Å². The highest BCUT2D eigenvalue weighted by Crippen LogP contribution is 2.27. The molecule has 1 saturated carbocycles. The normalized spacial score (nSPS) is 18.4. The van der Waals surface area contributed by atoms with Crippen molar-refractivity contribution in [1.82, 2.24) is 4.90 Å². The fourth-order valence-corrected chi connectivity index (χ4v) is 2.88. The maximum Gasteiger partial charge on any atom is 0.127 e. The summed E-state index contributed by atoms with van der Waals surface area (Å²) in [7, 11) is 2.02. The number of rotatable bonds is 5. The molecule has 1 atom stereocenters. The maximum absolute atomic E-state index is 13.5. The van der Waals surface area contributed by atoms with Crippen LogP contribution in [-0.2, 0) is 6.54 Å². The Morgan fingerprint density at radius 3 is 2.67 bits per heavy atom. The summed E-state index contributed by atoms with van der Waals surface area (Å²) in [5.74, 6) is 0.534. The molecule has 1 aromatic rings. The first-order valence-corrected chi connectivity index (χ1v) is 6.84. The van der Waals surface area contributed by atoms with Crippen LogP contribution >= 0.6 is 0 Å². The number of hydrogen-bond acceptors (Lipinski definition) is 2. The molecule has 0 aliphatic heterocycles. The van der Waals surface area contributed by atoms with Gasteiger partial charge in [0.1, 0.15) is 5.82 Å². The average Bonchev–Trinajstić information content (AvgIpc) is 2.85. The van der Waals surface area contributed by atoms with E-state index in [0.717, 1.165) is 12.1 Å². The first-order chi connectivity index (χ1) is 8.66. The quantitative estimate of drug-likeness (QED) is 0.870. The number of nitrogens with two attached hydrogens (primary N) is 1. The Kier molecular flexibility index (Phi) is 4.72. The second-order valence-corrected chi connectivity index (χ2v) is 5.50. The fourth-order valence-electron chi connectivity index (χ4n) is 2.88. The van der Waals surface area contributed by atoms with Gasteiger partial charge in [0.25, 0.3) is 0 Å². The van der Waals surface area contributed by atoms with Crippen molar-refractivity contribution in [3.05, 3.63) is 35.6 Å². The smallest absolute Gasteiger partial charge is 0.127 e. The first-order valence-electron chi connectivity index (χ1n) is 6.84. The van der Waals surface area contributed by atoms with Gasteiger partial charge >= 0.3 is 0 Å². The van der Waals surface area contributed by atoms with Gasteiger partial charge in [0.15, 0.2) is 0 Å². The van der Waals surface area contributed by atoms with Gasteiger partial charge in [0, 0.05) is 24.7 Å². The van der Waals surface area contributed by atoms with Crippen LogP contribution in [0.5, 0.6) is 0 Å². The molecule has 0 aromatic heterocycles. The summed E-state index contributed by atoms with van der Waals surface area (Å²) in [6.07, 6.45) is 5.15. The lowest BCUT2D eigenvalue weighted by Gasteiger charge is -2.25. The van der Waals surface area contributed by atoms with Crippen LogP contribution < -0.4 is 5.73 Å². The zero-order chi connectivity index (χ0) is 13.0. The molecule has 1 aliphatic carbocycles. The number of likely N-dealkylation sites (N-methyl/N-ethyl adjacent to an activating group) is 1. The molecule has 0 spiro atoms. The van der Waals surface area contributed by atoms with Gasteiger partial charge in [-0.05, 0) is 31.9 Å². The molecule has 0 amide bonds. The SMILES string of the molecule is CN(Cc1ccccc1F)CC(N)C1CCCC1. The Hall–Kier alpha value is -0.930. The van der Waals surface area contributed by atoms with Gasteiger partial charge in [-0.3, -0.25) is 0 Å². The Morgan fingerprint density at radius 1 is 1.33 bits per heavy atom. The van der Waals surface area contributed by atoms with E-state index in [9.17, 15) is 4.39 Å². The van der Waals surface area contributed by atoms with Gasteiger partial charge in [-0.25, -0.2) is 4.39 Å². The predicted molar refractivity (Wildman–Crippen MR) is 72.7 cm³/mol. The lowest BCUT2D eigenvalue weighted by molar-refractivity contribution is 0.262. The van der Waals surface area contributed by atoms with E-state index in [0.29, 0.717) is 12.5 Å². The van der Waals surface area contributed by atoms with Crippen molar-refractivity contribution in [3.63, 3.8) is 0 Å². The Morgan fingerprint density at radius 2 is 2.00 bits per heavy atom. The minimum absolute atomic E-state index is 0.126. The third-order valence-electron chi connectivity index (χ3n) is 3.93. The van der Waals surface area contributed by atoms with Gasteiger partial charge in [0.05, 0.1) is 0 Å². The molecule has 0 saturated heterocycles. The van der Waals surface area contributed by atoms with E-state index in [4.69, 9.17) is 5.73 Å². The van der Waals surface area contributed by atoms with Gasteiger partial charge in [-0.15, -0.1) is 0 Å². The second kappa shape index (κ2) is 6.30. The van der Waals surface area contributed by atoms with Crippen LogP contribution in [-0.4, -0.2) is 24.5 Å². The molecular weight excluding hydrogens is 227 g/mol. The number of benzene rings is 1. The molecular formula is C15H23FN2. The zero-order valence-corrected chi connectivity index (χ0v) is 11.1. The average molecular weight is 250 g/mol. The fraction of sp³-hybridized carbons (Fsp3) is 0.600. The summed E-state index contributed by atoms with van der Waals surface area (Å²) in [5.41, 5.74) is 6.98. The third kappa shape index (κ3) is 3.53. The number of halogens is 1. The van der Waals surface area contributed by atoms with Gasteiger partial charge in [0.2, 0.25) is 0 Å². The number of nitrogens with zero attached hydrogens (tertiary/aromatic N) is 1. The highest BCUT2D eigenvalue weighted by atomic mass is 19.1. The lowest BCUT2D eigenvalue weighted by atomic mass is 9.98. The minimum Gasteiger partial charge on any atom is -0.326 e. The molecule has 1 aliphatic rings. The van der Waals surface area contributed by atoms with Crippen LogP contribution in [0.3, 0.4) is 0 Å². The van der Waals surface area contributed by atoms with Crippen molar-refractivity contribution in [3.8, 4) is 0 Å². The minimum atomic E-state index is -0.126. The molecule has 1 fully saturated rings. The van der Waals surface area contributed by atoms with E-state index in [1.54, 1.807) is 6.07 Å². The topological polar surface area (TPSA) is 29.3 Å². The lowest BCUT2D eigenvalue weighted by Crippen LogP contribution is -2.39. The first kappa shape index (κ1) is 13.5. The van der Waals surface area contributed by atoms with Gasteiger partial charge < -0.3 is 10.6 Å². The van der Waals surface area contributed by atoms with Crippen LogP contribution in [0.1, 0.15) is 31.2 Å². The second-order valence-electron chi connectivity index (χ2n) is 5.50. The summed E-state index contributed by atoms with van der Waals surface area (Å²) in [5, 5.41) is 0. The van der Waals surface area contributed by atoms with E-state index < -0.39 is 0 Å². The Balaban J connectivity index is 1.84. The van der Waals surface area contributed by atoms with Crippen LogP contribution in [0, 0.1) is 11.7 Å². The van der Waals surface area contributed by atoms with E-state index in [1.807, 2.05) is 19.2 Å². The summed E-state index contributed by atoms with van der Waals surface area (Å²) in [6.45, 7) is 1.48. The molecule has 0 heterocycles. The molecule has 18 heavy (non-hydrogen) atoms. The summed E-state index contributed by atoms with van der Waals surface area (Å²) < 4.78 is 13.5. The van der Waals surface area contributed by atoms with Crippen molar-refractivity contribution >= 4 is 0 Å². The summed E-state index contributed by atoms with van der Waals surface area (Å²) in [6, 6.07) is 7.18. The van der Waals surface area contributed by atoms with E-state index in [-0.39, 0.29) is 11.9 Å². The predicted octanol–water partition coefficient (Wildman–Crippen LogP) is 2.78. The van der Waals surface area contributed by atoms with Crippen LogP contribution in [0.25, 0.3) is 0 Å². The van der Waals surface area contributed by atoms with Crippen molar-refractivity contribution in [2.75, 3.05) is 13.6 Å². The van der Waals surface area contributed by atoms with Gasteiger partial charge in [-0.2, -0.15) is 0 Å². The van der Waals surface area contributed by atoms with Crippen molar-refractivity contribution in [2.45, 2.75) is 38.3 Å². The molecule has 1 aromatic carbocycles. The molecule has 0 bridgehead atoms. The highest BCUT2D eigenvalue weighted by molar-refractivity contribution is 5.17. The van der Waals surface area contributed by atoms with E-state index in [1.165, 1.54) is 31.7 Å².